The molecule has 8 nitrogen and oxygen atoms in total. The lowest BCUT2D eigenvalue weighted by Crippen LogP contribution is -3.00. The summed E-state index contributed by atoms with van der Waals surface area (Å²) < 4.78 is 3.09. The van der Waals surface area contributed by atoms with Crippen LogP contribution in [0.1, 0.15) is 32.2 Å². The molecule has 3 aromatic rings. The van der Waals surface area contributed by atoms with E-state index in [-0.39, 0.29) is 28.8 Å². The number of hydrogen-bond acceptors (Lipinski definition) is 7. The van der Waals surface area contributed by atoms with E-state index < -0.39 is 0 Å². The van der Waals surface area contributed by atoms with Crippen LogP contribution in [0.15, 0.2) is 45.8 Å². The van der Waals surface area contributed by atoms with E-state index >= 15 is 0 Å². The van der Waals surface area contributed by atoms with Gasteiger partial charge in [-0.15, -0.1) is 0 Å². The molecule has 34 heavy (non-hydrogen) atoms. The molecule has 0 bridgehead atoms. The van der Waals surface area contributed by atoms with Crippen molar-refractivity contribution in [3.63, 3.8) is 0 Å². The van der Waals surface area contributed by atoms with Crippen LogP contribution in [0.3, 0.4) is 0 Å². The molecule has 0 spiro atoms. The average Bonchev–Trinajstić information content (AvgIpc) is 3.23. The Morgan fingerprint density at radius 2 is 1.74 bits per heavy atom. The number of aryl methyl sites for hydroxylation is 1. The fraction of sp³-hybridized carbons (Fsp3) is 0.261. The maximum atomic E-state index is 11.4. The van der Waals surface area contributed by atoms with Crippen LogP contribution in [0.5, 0.6) is 0 Å². The molecule has 11 heteroatoms. The number of allylic oxidation sites excluding steroid dienone is 2. The quantitative estimate of drug-likeness (QED) is 0.457. The second-order valence-corrected chi connectivity index (χ2v) is 9.74. The monoisotopic (exact) mass is 560 g/mol. The van der Waals surface area contributed by atoms with E-state index in [1.54, 1.807) is 23.1 Å². The van der Waals surface area contributed by atoms with Crippen LogP contribution in [-0.2, 0) is 16.6 Å². The fourth-order valence-electron chi connectivity index (χ4n) is 3.40. The number of carbonyl (C=O) groups excluding carboxylic acids is 2. The van der Waals surface area contributed by atoms with Crippen LogP contribution in [0.4, 0.5) is 17.5 Å². The van der Waals surface area contributed by atoms with Gasteiger partial charge in [0.1, 0.15) is 16.3 Å². The molecule has 0 aliphatic carbocycles. The number of carbonyl (C=O) groups is 2. The Morgan fingerprint density at radius 3 is 2.38 bits per heavy atom. The number of anilines is 3. The van der Waals surface area contributed by atoms with Gasteiger partial charge in [0.05, 0.1) is 17.0 Å². The number of hydrogen-bond donors (Lipinski definition) is 2. The molecule has 0 fully saturated rings. The zero-order valence-electron chi connectivity index (χ0n) is 19.5. The molecule has 0 aromatic carbocycles. The number of thioether (sulfide) groups is 1. The van der Waals surface area contributed by atoms with Gasteiger partial charge in [-0.3, -0.25) is 14.9 Å². The van der Waals surface area contributed by atoms with Gasteiger partial charge in [0.15, 0.2) is 5.01 Å². The van der Waals surface area contributed by atoms with Gasteiger partial charge in [0.2, 0.25) is 17.6 Å². The van der Waals surface area contributed by atoms with Crippen LogP contribution >= 0.6 is 23.1 Å². The van der Waals surface area contributed by atoms with Crippen molar-refractivity contribution in [1.29, 1.82) is 0 Å². The number of rotatable bonds is 5. The van der Waals surface area contributed by atoms with Gasteiger partial charge in [-0.25, -0.2) is 9.55 Å². The minimum atomic E-state index is -0.141. The summed E-state index contributed by atoms with van der Waals surface area (Å²) in [5, 5.41) is 7.62. The number of fused-ring (bicyclic) bond motifs is 2. The average molecular weight is 562 g/mol. The number of halogens is 1. The Morgan fingerprint density at radius 1 is 1.09 bits per heavy atom. The van der Waals surface area contributed by atoms with Crippen molar-refractivity contribution in [3.05, 3.63) is 46.0 Å². The van der Waals surface area contributed by atoms with Gasteiger partial charge in [-0.2, -0.15) is 0 Å². The maximum absolute atomic E-state index is 11.4. The molecule has 0 unspecified atom stereocenters. The highest BCUT2D eigenvalue weighted by Gasteiger charge is 2.24. The van der Waals surface area contributed by atoms with Gasteiger partial charge in [-0.1, -0.05) is 30.0 Å². The molecule has 1 aliphatic heterocycles. The molecule has 0 radical (unpaired) electrons. The summed E-state index contributed by atoms with van der Waals surface area (Å²) in [7, 11) is 3.96. The first-order valence-electron chi connectivity index (χ1n) is 10.4. The van der Waals surface area contributed by atoms with Crippen LogP contribution in [0, 0.1) is 0 Å². The Balaban J connectivity index is 0.00000324. The predicted octanol–water partition coefficient (Wildman–Crippen LogP) is 1.31. The predicted molar refractivity (Wildman–Crippen MR) is 134 cm³/mol. The van der Waals surface area contributed by atoms with Crippen molar-refractivity contribution in [2.45, 2.75) is 32.1 Å². The van der Waals surface area contributed by atoms with Crippen molar-refractivity contribution in [1.82, 2.24) is 9.97 Å². The smallest absolute Gasteiger partial charge is 0.343 e. The van der Waals surface area contributed by atoms with Crippen molar-refractivity contribution >= 4 is 68.8 Å². The number of thiazole rings is 1. The fourth-order valence-corrected chi connectivity index (χ4v) is 5.54. The molecular weight excluding hydrogens is 536 g/mol. The van der Waals surface area contributed by atoms with E-state index in [4.69, 9.17) is 0 Å². The van der Waals surface area contributed by atoms with E-state index in [1.165, 1.54) is 19.4 Å². The first kappa shape index (κ1) is 25.9. The zero-order chi connectivity index (χ0) is 23.7. The number of nitrogens with zero attached hydrogens (tertiary/aromatic N) is 4. The minimum absolute atomic E-state index is 0. The molecule has 178 valence electrons. The SMILES string of the molecule is CCC(=Cc1sc2ccc(NC(C)=O)nc2[n+]1C)C=C1Sc2ccc(NC(C)=O)nc2N1C.[Br-]. The molecule has 1 aliphatic rings. The largest absolute Gasteiger partial charge is 1.00 e. The van der Waals surface area contributed by atoms with E-state index in [0.717, 1.165) is 37.5 Å². The molecule has 0 saturated heterocycles. The first-order chi connectivity index (χ1) is 15.7. The lowest BCUT2D eigenvalue weighted by molar-refractivity contribution is -0.644. The number of pyridine rings is 2. The normalized spacial score (nSPS) is 14.2. The molecule has 3 aromatic heterocycles. The van der Waals surface area contributed by atoms with Crippen molar-refractivity contribution in [3.8, 4) is 0 Å². The molecule has 4 rings (SSSR count). The second-order valence-electron chi connectivity index (χ2n) is 7.61. The Hall–Kier alpha value is -2.76. The van der Waals surface area contributed by atoms with E-state index in [9.17, 15) is 9.59 Å². The maximum Gasteiger partial charge on any atom is 0.343 e. The topological polar surface area (TPSA) is 91.1 Å². The summed E-state index contributed by atoms with van der Waals surface area (Å²) in [6.45, 7) is 5.08. The Bertz CT molecular complexity index is 1330. The summed E-state index contributed by atoms with van der Waals surface area (Å²) in [6, 6.07) is 7.60. The van der Waals surface area contributed by atoms with Crippen molar-refractivity contribution < 1.29 is 31.1 Å². The van der Waals surface area contributed by atoms with Crippen LogP contribution in [0.25, 0.3) is 16.4 Å². The number of amides is 2. The molecule has 2 N–H and O–H groups in total. The lowest BCUT2D eigenvalue weighted by atomic mass is 10.2. The summed E-state index contributed by atoms with van der Waals surface area (Å²) in [5.41, 5.74) is 2.00. The summed E-state index contributed by atoms with van der Waals surface area (Å²) in [4.78, 5) is 35.0. The van der Waals surface area contributed by atoms with Gasteiger partial charge in [0, 0.05) is 27.0 Å². The standard InChI is InChI=1S/C23H24N6O2S2.BrH/c1-6-15(11-20-28(4)22-16(32-20)7-9-18(26-22)24-13(2)30)12-21-29(5)23-17(33-21)8-10-19(27-23)25-14(3)31;/h7-12H,6H2,1-5H3,(H-,24,25,26,27,30,31);1H. The molecular formula is C23H25BrN6O2S2. The number of nitrogens with one attached hydrogen (secondary N) is 2. The minimum Gasteiger partial charge on any atom is -1.00 e. The van der Waals surface area contributed by atoms with E-state index in [0.29, 0.717) is 11.6 Å². The van der Waals surface area contributed by atoms with Crippen molar-refractivity contribution in [2.75, 3.05) is 22.6 Å². The highest BCUT2D eigenvalue weighted by Crippen LogP contribution is 2.45. The highest BCUT2D eigenvalue weighted by molar-refractivity contribution is 8.03. The van der Waals surface area contributed by atoms with Crippen LogP contribution in [-0.4, -0.2) is 28.8 Å². The van der Waals surface area contributed by atoms with Crippen molar-refractivity contribution in [2.24, 2.45) is 7.05 Å². The van der Waals surface area contributed by atoms with E-state index in [2.05, 4.69) is 39.7 Å². The summed E-state index contributed by atoms with van der Waals surface area (Å²) in [6.07, 6.45) is 5.20. The zero-order valence-corrected chi connectivity index (χ0v) is 22.7. The van der Waals surface area contributed by atoms with Gasteiger partial charge in [-0.05, 0) is 47.3 Å². The first-order valence-corrected chi connectivity index (χ1v) is 12.1. The third-order valence-corrected chi connectivity index (χ3v) is 7.32. The number of aromatic nitrogens is 3. The highest BCUT2D eigenvalue weighted by atomic mass is 79.9. The molecule has 4 heterocycles. The van der Waals surface area contributed by atoms with Gasteiger partial charge < -0.3 is 27.2 Å². The Kier molecular flexibility index (Phi) is 8.11. The van der Waals surface area contributed by atoms with Crippen LogP contribution in [0.2, 0.25) is 0 Å². The lowest BCUT2D eigenvalue weighted by Gasteiger charge is -2.13. The summed E-state index contributed by atoms with van der Waals surface area (Å²) in [5.74, 6) is 1.64. The summed E-state index contributed by atoms with van der Waals surface area (Å²) >= 11 is 3.32. The molecule has 0 atom stereocenters. The third kappa shape index (κ3) is 5.48. The van der Waals surface area contributed by atoms with Gasteiger partial charge in [0.25, 0.3) is 0 Å². The van der Waals surface area contributed by atoms with E-state index in [1.807, 2.05) is 47.8 Å². The molecule has 2 amide bonds. The second kappa shape index (κ2) is 10.7. The Labute approximate surface area is 216 Å². The van der Waals surface area contributed by atoms with Crippen LogP contribution < -0.4 is 37.1 Å². The third-order valence-electron chi connectivity index (χ3n) is 5.04. The van der Waals surface area contributed by atoms with Gasteiger partial charge >= 0.3 is 5.65 Å². The molecule has 0 saturated carbocycles.